The van der Waals surface area contributed by atoms with E-state index in [1.54, 1.807) is 21.3 Å². The Morgan fingerprint density at radius 2 is 1.54 bits per heavy atom. The number of nitrogens with one attached hydrogen (secondary N) is 1. The molecular formula is C38H38N6O5S. The molecule has 0 saturated carbocycles. The van der Waals surface area contributed by atoms with Crippen molar-refractivity contribution in [3.8, 4) is 17.2 Å². The van der Waals surface area contributed by atoms with Crippen molar-refractivity contribution in [2.24, 2.45) is 5.10 Å². The summed E-state index contributed by atoms with van der Waals surface area (Å²) in [6.07, 6.45) is 0.737. The molecule has 1 atom stereocenters. The van der Waals surface area contributed by atoms with Gasteiger partial charge in [0.1, 0.15) is 5.75 Å². The van der Waals surface area contributed by atoms with Gasteiger partial charge in [-0.2, -0.15) is 5.10 Å². The van der Waals surface area contributed by atoms with Crippen LogP contribution in [0.5, 0.6) is 17.2 Å². The molecular weight excluding hydrogens is 653 g/mol. The Labute approximate surface area is 295 Å². The van der Waals surface area contributed by atoms with Crippen LogP contribution in [0.2, 0.25) is 0 Å². The van der Waals surface area contributed by atoms with Crippen LogP contribution in [0.3, 0.4) is 0 Å². The van der Waals surface area contributed by atoms with Gasteiger partial charge in [0.2, 0.25) is 5.91 Å². The van der Waals surface area contributed by atoms with Crippen LogP contribution < -0.4 is 19.5 Å². The molecule has 4 aromatic carbocycles. The minimum atomic E-state index is -0.428. The molecule has 0 unspecified atom stereocenters. The number of aromatic nitrogens is 3. The number of carbonyl (C=O) groups is 2. The van der Waals surface area contributed by atoms with Crippen molar-refractivity contribution in [2.75, 3.05) is 27.1 Å². The summed E-state index contributed by atoms with van der Waals surface area (Å²) in [4.78, 5) is 26.8. The van der Waals surface area contributed by atoms with Crippen LogP contribution in [-0.2, 0) is 29.1 Å². The Morgan fingerprint density at radius 1 is 0.820 bits per heavy atom. The van der Waals surface area contributed by atoms with E-state index in [1.165, 1.54) is 16.8 Å². The predicted molar refractivity (Wildman–Crippen MR) is 192 cm³/mol. The van der Waals surface area contributed by atoms with Crippen molar-refractivity contribution in [3.63, 3.8) is 0 Å². The van der Waals surface area contributed by atoms with E-state index in [2.05, 4.69) is 15.5 Å². The van der Waals surface area contributed by atoms with Gasteiger partial charge in [-0.1, -0.05) is 84.6 Å². The number of para-hydroxylation sites is 1. The maximum atomic E-state index is 14.1. The molecule has 50 heavy (non-hydrogen) atoms. The minimum absolute atomic E-state index is 0.0511. The maximum absolute atomic E-state index is 14.1. The molecule has 2 heterocycles. The Morgan fingerprint density at radius 3 is 2.22 bits per heavy atom. The van der Waals surface area contributed by atoms with Gasteiger partial charge >= 0.3 is 0 Å². The van der Waals surface area contributed by atoms with Gasteiger partial charge < -0.3 is 24.1 Å². The number of benzene rings is 4. The van der Waals surface area contributed by atoms with Crippen LogP contribution in [0.15, 0.2) is 113 Å². The van der Waals surface area contributed by atoms with E-state index in [0.717, 1.165) is 33.7 Å². The molecule has 0 fully saturated rings. The molecule has 0 bridgehead atoms. The normalized spacial score (nSPS) is 13.9. The number of amides is 2. The summed E-state index contributed by atoms with van der Waals surface area (Å²) in [6, 6.07) is 32.3. The molecule has 256 valence electrons. The van der Waals surface area contributed by atoms with Crippen molar-refractivity contribution in [2.45, 2.75) is 37.1 Å². The van der Waals surface area contributed by atoms with E-state index in [9.17, 15) is 9.59 Å². The highest BCUT2D eigenvalue weighted by molar-refractivity contribution is 7.99. The van der Waals surface area contributed by atoms with Crippen molar-refractivity contribution in [1.82, 2.24) is 25.1 Å². The highest BCUT2D eigenvalue weighted by Gasteiger charge is 2.36. The standard InChI is InChI=1S/C38H38N6O5S/c1-47-29-19-17-28(18-20-29)31-22-32(30-15-10-16-33(48-2)37(30)49-3)44(42-31)36(46)25-50-38-41-40-34(43(38)24-27-13-8-5-9-14-27)23-39-35(45)21-26-11-6-4-7-12-26/h4-20,32H,21-25H2,1-3H3,(H,39,45)/t32-/m0/s1. The third-order valence-electron chi connectivity index (χ3n) is 8.33. The van der Waals surface area contributed by atoms with Gasteiger partial charge in [-0.25, -0.2) is 5.01 Å². The Bertz CT molecular complexity index is 1950. The SMILES string of the molecule is COc1ccc(C2=NN(C(=O)CSc3nnc(CNC(=O)Cc4ccccc4)n3Cc3ccccc3)[C@H](c3cccc(OC)c3OC)C2)cc1. The second-order valence-electron chi connectivity index (χ2n) is 11.5. The fourth-order valence-corrected chi connectivity index (χ4v) is 6.62. The number of hydrogen-bond acceptors (Lipinski definition) is 9. The van der Waals surface area contributed by atoms with Crippen molar-refractivity contribution >= 4 is 29.3 Å². The van der Waals surface area contributed by atoms with E-state index < -0.39 is 6.04 Å². The lowest BCUT2D eigenvalue weighted by molar-refractivity contribution is -0.130. The molecule has 1 aliphatic rings. The van der Waals surface area contributed by atoms with E-state index in [4.69, 9.17) is 19.3 Å². The molecule has 1 aliphatic heterocycles. The van der Waals surface area contributed by atoms with Gasteiger partial charge in [0.25, 0.3) is 5.91 Å². The molecule has 11 nitrogen and oxygen atoms in total. The first-order chi connectivity index (χ1) is 24.5. The fraction of sp³-hybridized carbons (Fsp3) is 0.237. The van der Waals surface area contributed by atoms with Gasteiger partial charge in [0, 0.05) is 12.0 Å². The van der Waals surface area contributed by atoms with Crippen molar-refractivity contribution in [1.29, 1.82) is 0 Å². The monoisotopic (exact) mass is 690 g/mol. The lowest BCUT2D eigenvalue weighted by Crippen LogP contribution is -2.29. The van der Waals surface area contributed by atoms with Crippen LogP contribution in [0, 0.1) is 0 Å². The molecule has 1 aromatic heterocycles. The van der Waals surface area contributed by atoms with Crippen LogP contribution in [-0.4, -0.2) is 64.4 Å². The number of rotatable bonds is 14. The molecule has 5 aromatic rings. The Kier molecular flexibility index (Phi) is 11.1. The number of carbonyl (C=O) groups excluding carboxylic acids is 2. The lowest BCUT2D eigenvalue weighted by Gasteiger charge is -2.24. The first-order valence-electron chi connectivity index (χ1n) is 16.1. The predicted octanol–water partition coefficient (Wildman–Crippen LogP) is 5.68. The third-order valence-corrected chi connectivity index (χ3v) is 9.29. The first kappa shape index (κ1) is 34.3. The number of nitrogens with zero attached hydrogens (tertiary/aromatic N) is 5. The van der Waals surface area contributed by atoms with E-state index in [-0.39, 0.29) is 30.5 Å². The number of thioether (sulfide) groups is 1. The zero-order chi connectivity index (χ0) is 34.9. The number of hydrazone groups is 1. The van der Waals surface area contributed by atoms with Crippen LogP contribution in [0.4, 0.5) is 0 Å². The average Bonchev–Trinajstić information content (AvgIpc) is 3.78. The molecule has 0 spiro atoms. The van der Waals surface area contributed by atoms with E-state index in [0.29, 0.717) is 35.4 Å². The van der Waals surface area contributed by atoms with Gasteiger partial charge in [0.15, 0.2) is 22.5 Å². The summed E-state index contributed by atoms with van der Waals surface area (Å²) in [7, 11) is 4.80. The second-order valence-corrected chi connectivity index (χ2v) is 12.5. The average molecular weight is 691 g/mol. The number of ether oxygens (including phenoxy) is 3. The maximum Gasteiger partial charge on any atom is 0.253 e. The summed E-state index contributed by atoms with van der Waals surface area (Å²) in [5, 5.41) is 18.8. The zero-order valence-electron chi connectivity index (χ0n) is 28.1. The summed E-state index contributed by atoms with van der Waals surface area (Å²) < 4.78 is 18.6. The smallest absolute Gasteiger partial charge is 0.253 e. The summed E-state index contributed by atoms with van der Waals surface area (Å²) in [6.45, 7) is 0.667. The van der Waals surface area contributed by atoms with Crippen molar-refractivity contribution in [3.05, 3.63) is 131 Å². The van der Waals surface area contributed by atoms with Crippen LogP contribution in [0.1, 0.15) is 40.5 Å². The Hall–Kier alpha value is -5.62. The summed E-state index contributed by atoms with van der Waals surface area (Å²) in [5.41, 5.74) is 4.41. The largest absolute Gasteiger partial charge is 0.497 e. The molecule has 2 amide bonds. The first-order valence-corrected chi connectivity index (χ1v) is 17.1. The molecule has 12 heteroatoms. The van der Waals surface area contributed by atoms with Crippen molar-refractivity contribution < 1.29 is 23.8 Å². The highest BCUT2D eigenvalue weighted by Crippen LogP contribution is 2.42. The van der Waals surface area contributed by atoms with Gasteiger partial charge in [0.05, 0.1) is 58.3 Å². The quantitative estimate of drug-likeness (QED) is 0.148. The van der Waals surface area contributed by atoms with Crippen LogP contribution >= 0.6 is 11.8 Å². The molecule has 1 N–H and O–H groups in total. The van der Waals surface area contributed by atoms with Crippen LogP contribution in [0.25, 0.3) is 0 Å². The minimum Gasteiger partial charge on any atom is -0.497 e. The second kappa shape index (κ2) is 16.2. The summed E-state index contributed by atoms with van der Waals surface area (Å²) in [5.74, 6) is 2.17. The van der Waals surface area contributed by atoms with Gasteiger partial charge in [-0.3, -0.25) is 9.59 Å². The lowest BCUT2D eigenvalue weighted by atomic mass is 9.97. The third kappa shape index (κ3) is 7.98. The molecule has 0 aliphatic carbocycles. The molecule has 0 radical (unpaired) electrons. The van der Waals surface area contributed by atoms with E-state index in [1.807, 2.05) is 108 Å². The molecule has 6 rings (SSSR count). The zero-order valence-corrected chi connectivity index (χ0v) is 28.9. The highest BCUT2D eigenvalue weighted by atomic mass is 32.2. The van der Waals surface area contributed by atoms with Gasteiger partial charge in [-0.05, 0) is 47.0 Å². The van der Waals surface area contributed by atoms with E-state index >= 15 is 0 Å². The summed E-state index contributed by atoms with van der Waals surface area (Å²) >= 11 is 1.28. The number of methoxy groups -OCH3 is 3. The Balaban J connectivity index is 1.24. The topological polar surface area (TPSA) is 120 Å². The fourth-order valence-electron chi connectivity index (χ4n) is 5.81. The number of hydrogen-bond donors (Lipinski definition) is 1. The van der Waals surface area contributed by atoms with Gasteiger partial charge in [-0.15, -0.1) is 10.2 Å². The molecule has 0 saturated heterocycles.